The molecule has 7 nitrogen and oxygen atoms in total. The Morgan fingerprint density at radius 1 is 1.32 bits per heavy atom. The van der Waals surface area contributed by atoms with Gasteiger partial charge in [0.15, 0.2) is 0 Å². The van der Waals surface area contributed by atoms with Gasteiger partial charge in [-0.25, -0.2) is 0 Å². The molecule has 0 bridgehead atoms. The highest BCUT2D eigenvalue weighted by atomic mass is 16.5. The Hall–Kier alpha value is -2.41. The number of carbonyl (C=O) groups excluding carboxylic acids is 2. The summed E-state index contributed by atoms with van der Waals surface area (Å²) in [4.78, 5) is 36.6. The molecular formula is C18H24N2O5. The maximum absolute atomic E-state index is 12.6. The minimum atomic E-state index is -0.949. The highest BCUT2D eigenvalue weighted by Crippen LogP contribution is 2.20. The van der Waals surface area contributed by atoms with Crippen molar-refractivity contribution in [1.82, 2.24) is 10.2 Å². The van der Waals surface area contributed by atoms with Gasteiger partial charge in [-0.05, 0) is 12.5 Å². The van der Waals surface area contributed by atoms with Crippen molar-refractivity contribution in [2.75, 3.05) is 19.7 Å². The van der Waals surface area contributed by atoms with Crippen LogP contribution in [0.4, 0.5) is 0 Å². The van der Waals surface area contributed by atoms with Crippen molar-refractivity contribution in [3.63, 3.8) is 0 Å². The molecule has 136 valence electrons. The highest BCUT2D eigenvalue weighted by Gasteiger charge is 2.28. The van der Waals surface area contributed by atoms with Gasteiger partial charge >= 0.3 is 5.97 Å². The standard InChI is InChI=1S/C18H24N2O5/c1-12-3-5-14(6-4-12)16(19-13(2)21)10-17(22)20-7-8-25-15(11-20)9-18(23)24/h3-6,15-16H,7-11H2,1-2H3,(H,19,21)(H,23,24)/t15-,16+/m1/s1. The van der Waals surface area contributed by atoms with Gasteiger partial charge in [-0.15, -0.1) is 0 Å². The Balaban J connectivity index is 2.04. The normalized spacial score (nSPS) is 18.5. The van der Waals surface area contributed by atoms with E-state index in [1.54, 1.807) is 4.90 Å². The van der Waals surface area contributed by atoms with E-state index < -0.39 is 18.1 Å². The molecule has 0 aromatic heterocycles. The van der Waals surface area contributed by atoms with Gasteiger partial charge < -0.3 is 20.1 Å². The van der Waals surface area contributed by atoms with E-state index in [0.717, 1.165) is 11.1 Å². The Morgan fingerprint density at radius 2 is 2.00 bits per heavy atom. The lowest BCUT2D eigenvalue weighted by Crippen LogP contribution is -2.47. The third-order valence-corrected chi connectivity index (χ3v) is 4.13. The molecule has 1 aromatic rings. The second-order valence-electron chi connectivity index (χ2n) is 6.30. The molecule has 7 heteroatoms. The van der Waals surface area contributed by atoms with Gasteiger partial charge in [0, 0.05) is 20.0 Å². The number of benzene rings is 1. The molecule has 25 heavy (non-hydrogen) atoms. The van der Waals surface area contributed by atoms with Gasteiger partial charge in [0.1, 0.15) is 0 Å². The number of carbonyl (C=O) groups is 3. The van der Waals surface area contributed by atoms with E-state index in [4.69, 9.17) is 9.84 Å². The van der Waals surface area contributed by atoms with E-state index in [-0.39, 0.29) is 31.2 Å². The summed E-state index contributed by atoms with van der Waals surface area (Å²) in [5, 5.41) is 11.7. The van der Waals surface area contributed by atoms with Crippen LogP contribution in [0, 0.1) is 6.92 Å². The first-order chi connectivity index (χ1) is 11.8. The molecule has 2 N–H and O–H groups in total. The number of carboxylic acid groups (broad SMARTS) is 1. The summed E-state index contributed by atoms with van der Waals surface area (Å²) in [7, 11) is 0. The van der Waals surface area contributed by atoms with E-state index in [1.165, 1.54) is 6.92 Å². The quantitative estimate of drug-likeness (QED) is 0.807. The molecule has 0 aliphatic carbocycles. The number of nitrogens with one attached hydrogen (secondary N) is 1. The number of morpholine rings is 1. The number of aliphatic carboxylic acids is 1. The van der Waals surface area contributed by atoms with Crippen LogP contribution in [0.5, 0.6) is 0 Å². The maximum Gasteiger partial charge on any atom is 0.306 e. The number of aryl methyl sites for hydroxylation is 1. The van der Waals surface area contributed by atoms with Gasteiger partial charge in [-0.1, -0.05) is 29.8 Å². The van der Waals surface area contributed by atoms with Crippen LogP contribution < -0.4 is 5.32 Å². The van der Waals surface area contributed by atoms with E-state index >= 15 is 0 Å². The minimum Gasteiger partial charge on any atom is -0.481 e. The fourth-order valence-electron chi connectivity index (χ4n) is 2.86. The van der Waals surface area contributed by atoms with Crippen molar-refractivity contribution in [3.8, 4) is 0 Å². The van der Waals surface area contributed by atoms with Gasteiger partial charge in [-0.3, -0.25) is 14.4 Å². The first-order valence-electron chi connectivity index (χ1n) is 8.30. The SMILES string of the molecule is CC(=O)N[C@@H](CC(=O)N1CCO[C@H](CC(=O)O)C1)c1ccc(C)cc1. The predicted octanol–water partition coefficient (Wildman–Crippen LogP) is 1.26. The topological polar surface area (TPSA) is 95.9 Å². The third kappa shape index (κ3) is 5.86. The largest absolute Gasteiger partial charge is 0.481 e. The van der Waals surface area contributed by atoms with Crippen molar-refractivity contribution in [2.45, 2.75) is 38.8 Å². The summed E-state index contributed by atoms with van der Waals surface area (Å²) in [6, 6.07) is 7.26. The molecule has 0 unspecified atom stereocenters. The Kier molecular flexibility index (Phi) is 6.52. The summed E-state index contributed by atoms with van der Waals surface area (Å²) in [6.07, 6.45) is -0.493. The molecule has 2 atom stereocenters. The zero-order valence-corrected chi connectivity index (χ0v) is 14.5. The fourth-order valence-corrected chi connectivity index (χ4v) is 2.86. The number of amides is 2. The van der Waals surface area contributed by atoms with Crippen molar-refractivity contribution < 1.29 is 24.2 Å². The van der Waals surface area contributed by atoms with E-state index in [0.29, 0.717) is 13.2 Å². The third-order valence-electron chi connectivity index (χ3n) is 4.13. The molecule has 0 spiro atoms. The van der Waals surface area contributed by atoms with E-state index in [1.807, 2.05) is 31.2 Å². The van der Waals surface area contributed by atoms with Crippen molar-refractivity contribution in [1.29, 1.82) is 0 Å². The molecule has 0 radical (unpaired) electrons. The summed E-state index contributed by atoms with van der Waals surface area (Å²) >= 11 is 0. The first-order valence-corrected chi connectivity index (χ1v) is 8.30. The summed E-state index contributed by atoms with van der Waals surface area (Å²) < 4.78 is 5.39. The van der Waals surface area contributed by atoms with Crippen molar-refractivity contribution in [3.05, 3.63) is 35.4 Å². The smallest absolute Gasteiger partial charge is 0.306 e. The molecule has 1 aliphatic heterocycles. The van der Waals surface area contributed by atoms with Crippen LogP contribution in [0.3, 0.4) is 0 Å². The Labute approximate surface area is 147 Å². The average molecular weight is 348 g/mol. The van der Waals surface area contributed by atoms with Crippen LogP contribution in [-0.4, -0.2) is 53.6 Å². The van der Waals surface area contributed by atoms with Crippen LogP contribution in [0.25, 0.3) is 0 Å². The lowest BCUT2D eigenvalue weighted by Gasteiger charge is -2.33. The number of nitrogens with zero attached hydrogens (tertiary/aromatic N) is 1. The molecule has 1 aliphatic rings. The van der Waals surface area contributed by atoms with Gasteiger partial charge in [0.2, 0.25) is 11.8 Å². The second kappa shape index (κ2) is 8.62. The minimum absolute atomic E-state index is 0.127. The van der Waals surface area contributed by atoms with Gasteiger partial charge in [0.25, 0.3) is 0 Å². The number of carboxylic acids is 1. The van der Waals surface area contributed by atoms with Crippen LogP contribution in [0.1, 0.15) is 36.9 Å². The summed E-state index contributed by atoms with van der Waals surface area (Å²) in [5.74, 6) is -1.28. The lowest BCUT2D eigenvalue weighted by molar-refractivity contribution is -0.148. The molecule has 0 saturated carbocycles. The number of ether oxygens (including phenoxy) is 1. The first kappa shape index (κ1) is 18.9. The zero-order valence-electron chi connectivity index (χ0n) is 14.5. The average Bonchev–Trinajstić information content (AvgIpc) is 2.54. The summed E-state index contributed by atoms with van der Waals surface area (Å²) in [6.45, 7) is 4.39. The fraction of sp³-hybridized carbons (Fsp3) is 0.500. The molecule has 2 rings (SSSR count). The number of hydrogen-bond acceptors (Lipinski definition) is 4. The second-order valence-corrected chi connectivity index (χ2v) is 6.30. The Bertz CT molecular complexity index is 629. The number of rotatable bonds is 6. The molecule has 1 heterocycles. The molecule has 2 amide bonds. The van der Waals surface area contributed by atoms with Crippen molar-refractivity contribution >= 4 is 17.8 Å². The Morgan fingerprint density at radius 3 is 2.60 bits per heavy atom. The van der Waals surface area contributed by atoms with Crippen LogP contribution in [-0.2, 0) is 19.1 Å². The van der Waals surface area contributed by atoms with Gasteiger partial charge in [-0.2, -0.15) is 0 Å². The molecule has 1 aromatic carbocycles. The van der Waals surface area contributed by atoms with Gasteiger partial charge in [0.05, 0.1) is 31.6 Å². The van der Waals surface area contributed by atoms with E-state index in [2.05, 4.69) is 5.32 Å². The predicted molar refractivity (Wildman–Crippen MR) is 90.9 cm³/mol. The van der Waals surface area contributed by atoms with Crippen LogP contribution >= 0.6 is 0 Å². The van der Waals surface area contributed by atoms with Crippen LogP contribution in [0.2, 0.25) is 0 Å². The van der Waals surface area contributed by atoms with Crippen molar-refractivity contribution in [2.24, 2.45) is 0 Å². The maximum atomic E-state index is 12.6. The molecular weight excluding hydrogens is 324 g/mol. The van der Waals surface area contributed by atoms with E-state index in [9.17, 15) is 14.4 Å². The number of hydrogen-bond donors (Lipinski definition) is 2. The monoisotopic (exact) mass is 348 g/mol. The molecule has 1 saturated heterocycles. The summed E-state index contributed by atoms with van der Waals surface area (Å²) in [5.41, 5.74) is 1.96. The lowest BCUT2D eigenvalue weighted by atomic mass is 10.0. The molecule has 1 fully saturated rings. The zero-order chi connectivity index (χ0) is 18.4. The van der Waals surface area contributed by atoms with Crippen LogP contribution in [0.15, 0.2) is 24.3 Å². The highest BCUT2D eigenvalue weighted by molar-refractivity contribution is 5.79.